The Hall–Kier alpha value is -7.68. The van der Waals surface area contributed by atoms with Gasteiger partial charge in [0.15, 0.2) is 0 Å². The molecule has 2 aromatic carbocycles. The van der Waals surface area contributed by atoms with Gasteiger partial charge in [-0.2, -0.15) is 10.5 Å². The lowest BCUT2D eigenvalue weighted by atomic mass is 9.97. The summed E-state index contributed by atoms with van der Waals surface area (Å²) < 4.78 is 0. The third-order valence-electron chi connectivity index (χ3n) is 8.53. The number of rotatable bonds is 7. The van der Waals surface area contributed by atoms with Gasteiger partial charge in [-0.1, -0.05) is 72.8 Å². The second-order valence-corrected chi connectivity index (χ2v) is 11.9. The Balaban J connectivity index is 1.12. The molecule has 0 spiro atoms. The lowest BCUT2D eigenvalue weighted by Crippen LogP contribution is -1.95. The summed E-state index contributed by atoms with van der Waals surface area (Å²) in [5.74, 6) is 0. The fraction of sp³-hybridized carbons (Fsp3) is 0. The summed E-state index contributed by atoms with van der Waals surface area (Å²) in [5.41, 5.74) is 12.3. The summed E-state index contributed by atoms with van der Waals surface area (Å²) in [5, 5.41) is 18.9. The summed E-state index contributed by atoms with van der Waals surface area (Å²) in [6, 6.07) is 51.3. The molecule has 0 aliphatic heterocycles. The van der Waals surface area contributed by atoms with Crippen molar-refractivity contribution < 1.29 is 0 Å². The second-order valence-electron chi connectivity index (χ2n) is 11.9. The molecule has 0 bridgehead atoms. The van der Waals surface area contributed by atoms with E-state index in [0.717, 1.165) is 56.2 Å². The van der Waals surface area contributed by atoms with Crippen LogP contribution in [0.4, 0.5) is 0 Å². The quantitative estimate of drug-likeness (QED) is 0.165. The molecule has 52 heavy (non-hydrogen) atoms. The molecule has 8 heteroatoms. The number of aromatic nitrogens is 6. The highest BCUT2D eigenvalue weighted by Crippen LogP contribution is 2.33. The van der Waals surface area contributed by atoms with E-state index in [1.165, 1.54) is 0 Å². The van der Waals surface area contributed by atoms with E-state index >= 15 is 0 Å². The molecule has 0 N–H and O–H groups in total. The number of benzene rings is 2. The topological polar surface area (TPSA) is 125 Å². The molecule has 0 fully saturated rings. The molecule has 6 heterocycles. The lowest BCUT2D eigenvalue weighted by molar-refractivity contribution is 1.20. The Morgan fingerprint density at radius 2 is 0.654 bits per heavy atom. The molecule has 8 nitrogen and oxygen atoms in total. The minimum atomic E-state index is 0.333. The first-order valence-electron chi connectivity index (χ1n) is 16.5. The average molecular weight is 667 g/mol. The smallest absolute Gasteiger partial charge is 0.141 e. The van der Waals surface area contributed by atoms with E-state index in [4.69, 9.17) is 9.97 Å². The van der Waals surface area contributed by atoms with Gasteiger partial charge in [0, 0.05) is 12.4 Å². The van der Waals surface area contributed by atoms with Crippen LogP contribution in [-0.4, -0.2) is 29.9 Å². The van der Waals surface area contributed by atoms with Crippen molar-refractivity contribution >= 4 is 0 Å². The first-order valence-corrected chi connectivity index (χ1v) is 16.5. The van der Waals surface area contributed by atoms with Gasteiger partial charge >= 0.3 is 0 Å². The Bertz CT molecular complexity index is 2440. The maximum absolute atomic E-state index is 9.43. The van der Waals surface area contributed by atoms with Crippen molar-refractivity contribution in [2.75, 3.05) is 0 Å². The molecule has 6 aromatic heterocycles. The molecular formula is C44H26N8. The van der Waals surface area contributed by atoms with Gasteiger partial charge in [-0.3, -0.25) is 9.97 Å². The largest absolute Gasteiger partial charge is 0.255 e. The van der Waals surface area contributed by atoms with Crippen LogP contribution in [-0.2, 0) is 0 Å². The fourth-order valence-electron chi connectivity index (χ4n) is 5.94. The van der Waals surface area contributed by atoms with Crippen LogP contribution in [0.25, 0.3) is 78.9 Å². The Morgan fingerprint density at radius 1 is 0.308 bits per heavy atom. The van der Waals surface area contributed by atoms with Gasteiger partial charge in [0.2, 0.25) is 0 Å². The third-order valence-corrected chi connectivity index (χ3v) is 8.53. The molecule has 242 valence electrons. The molecule has 0 aliphatic carbocycles. The van der Waals surface area contributed by atoms with Gasteiger partial charge in [-0.05, 0) is 106 Å². The summed E-state index contributed by atoms with van der Waals surface area (Å²) >= 11 is 0. The van der Waals surface area contributed by atoms with Crippen molar-refractivity contribution in [3.63, 3.8) is 0 Å². The average Bonchev–Trinajstić information content (AvgIpc) is 3.24. The predicted octanol–water partition coefficient (Wildman–Crippen LogP) is 9.47. The van der Waals surface area contributed by atoms with Gasteiger partial charge in [0.05, 0.1) is 45.6 Å². The number of hydrogen-bond acceptors (Lipinski definition) is 8. The van der Waals surface area contributed by atoms with Crippen LogP contribution in [0.2, 0.25) is 0 Å². The summed E-state index contributed by atoms with van der Waals surface area (Å²) in [6.07, 6.45) is 3.49. The highest BCUT2D eigenvalue weighted by atomic mass is 14.8. The van der Waals surface area contributed by atoms with Gasteiger partial charge < -0.3 is 0 Å². The molecule has 0 unspecified atom stereocenters. The fourth-order valence-corrected chi connectivity index (χ4v) is 5.94. The van der Waals surface area contributed by atoms with Crippen molar-refractivity contribution in [2.24, 2.45) is 0 Å². The van der Waals surface area contributed by atoms with Crippen molar-refractivity contribution in [3.8, 4) is 91.1 Å². The van der Waals surface area contributed by atoms with Gasteiger partial charge in [0.1, 0.15) is 23.5 Å². The zero-order chi connectivity index (χ0) is 35.3. The highest BCUT2D eigenvalue weighted by Gasteiger charge is 2.13. The monoisotopic (exact) mass is 666 g/mol. The normalized spacial score (nSPS) is 10.7. The third kappa shape index (κ3) is 6.64. The van der Waals surface area contributed by atoms with Crippen LogP contribution in [0, 0.1) is 22.7 Å². The highest BCUT2D eigenvalue weighted by molar-refractivity contribution is 5.79. The van der Waals surface area contributed by atoms with Crippen molar-refractivity contribution in [2.45, 2.75) is 0 Å². The molecule has 0 saturated heterocycles. The molecule has 0 amide bonds. The first-order chi connectivity index (χ1) is 25.6. The van der Waals surface area contributed by atoms with E-state index in [1.807, 2.05) is 84.9 Å². The van der Waals surface area contributed by atoms with E-state index in [2.05, 4.69) is 80.6 Å². The van der Waals surface area contributed by atoms with Crippen LogP contribution in [0.1, 0.15) is 11.4 Å². The summed E-state index contributed by atoms with van der Waals surface area (Å²) in [7, 11) is 0. The molecule has 8 aromatic rings. The zero-order valence-corrected chi connectivity index (χ0v) is 27.6. The minimum absolute atomic E-state index is 0.333. The van der Waals surface area contributed by atoms with Gasteiger partial charge in [0.25, 0.3) is 0 Å². The minimum Gasteiger partial charge on any atom is -0.255 e. The number of nitrogens with zero attached hydrogens (tertiary/aromatic N) is 8. The summed E-state index contributed by atoms with van der Waals surface area (Å²) in [4.78, 5) is 27.8. The van der Waals surface area contributed by atoms with Crippen molar-refractivity contribution in [1.82, 2.24) is 29.9 Å². The maximum atomic E-state index is 9.43. The SMILES string of the molecule is N#Cc1cccc(-c2cc(-c3ccc(-c4ccc(-c5cc(-c6ccccn6)nc(-c6cccc(C#N)n6)c5)cc4)cc3)cc(-c3ccccn3)n2)n1. The molecule has 0 radical (unpaired) electrons. The molecule has 8 rings (SSSR count). The lowest BCUT2D eigenvalue weighted by Gasteiger charge is -2.11. The number of pyridine rings is 6. The van der Waals surface area contributed by atoms with Crippen LogP contribution >= 0.6 is 0 Å². The second kappa shape index (κ2) is 14.0. The van der Waals surface area contributed by atoms with E-state index in [1.54, 1.807) is 24.5 Å². The first kappa shape index (κ1) is 31.6. The van der Waals surface area contributed by atoms with Gasteiger partial charge in [-0.25, -0.2) is 19.9 Å². The maximum Gasteiger partial charge on any atom is 0.141 e. The van der Waals surface area contributed by atoms with Crippen molar-refractivity contribution in [1.29, 1.82) is 10.5 Å². The predicted molar refractivity (Wildman–Crippen MR) is 201 cm³/mol. The van der Waals surface area contributed by atoms with E-state index in [-0.39, 0.29) is 0 Å². The molecule has 0 atom stereocenters. The van der Waals surface area contributed by atoms with Gasteiger partial charge in [-0.15, -0.1) is 0 Å². The van der Waals surface area contributed by atoms with Crippen LogP contribution in [0.3, 0.4) is 0 Å². The summed E-state index contributed by atoms with van der Waals surface area (Å²) in [6.45, 7) is 0. The van der Waals surface area contributed by atoms with Crippen LogP contribution < -0.4 is 0 Å². The van der Waals surface area contributed by atoms with E-state index < -0.39 is 0 Å². The Kier molecular flexibility index (Phi) is 8.53. The van der Waals surface area contributed by atoms with E-state index in [0.29, 0.717) is 34.2 Å². The zero-order valence-electron chi connectivity index (χ0n) is 27.6. The van der Waals surface area contributed by atoms with Crippen LogP contribution in [0.5, 0.6) is 0 Å². The van der Waals surface area contributed by atoms with Crippen molar-refractivity contribution in [3.05, 3.63) is 169 Å². The number of hydrogen-bond donors (Lipinski definition) is 0. The molecular weight excluding hydrogens is 641 g/mol. The van der Waals surface area contributed by atoms with E-state index in [9.17, 15) is 10.5 Å². The Labute approximate surface area is 300 Å². The standard InChI is InChI=1S/C44H26N8/c45-27-35-7-5-11-39(49-35)43-25-33(23-41(51-43)37-9-1-3-21-47-37)31-17-13-29(14-18-31)30-15-19-32(20-16-30)34-24-42(38-10-2-4-22-48-38)52-44(26-34)40-12-6-8-36(28-46)50-40/h1-26H. The van der Waals surface area contributed by atoms with Crippen LogP contribution in [0.15, 0.2) is 158 Å². The molecule has 0 saturated carbocycles. The number of nitriles is 2. The Morgan fingerprint density at radius 3 is 1.00 bits per heavy atom. The molecule has 0 aliphatic rings.